The second-order valence-corrected chi connectivity index (χ2v) is 8.13. The van der Waals surface area contributed by atoms with Crippen molar-refractivity contribution in [2.75, 3.05) is 4.72 Å². The summed E-state index contributed by atoms with van der Waals surface area (Å²) in [7, 11) is -8.71. The monoisotopic (exact) mass is 357 g/mol. The molecule has 0 heterocycles. The lowest BCUT2D eigenvalue weighted by Crippen LogP contribution is -2.14. The topological polar surface area (TPSA) is 121 Å². The summed E-state index contributed by atoms with van der Waals surface area (Å²) < 4.78 is 58.3. The van der Waals surface area contributed by atoms with Crippen molar-refractivity contribution in [2.45, 2.75) is 23.6 Å². The number of aromatic hydroxyl groups is 1. The number of nitrogens with one attached hydrogen (secondary N) is 1. The van der Waals surface area contributed by atoms with E-state index >= 15 is 0 Å². The van der Waals surface area contributed by atoms with Crippen LogP contribution in [0.1, 0.15) is 11.1 Å². The molecule has 0 fully saturated rings. The number of rotatable bonds is 4. The highest BCUT2D eigenvalue weighted by atomic mass is 32.2. The molecule has 0 saturated carbocycles. The van der Waals surface area contributed by atoms with Crippen molar-refractivity contribution in [1.29, 1.82) is 0 Å². The Balaban J connectivity index is 2.52. The van der Waals surface area contributed by atoms with Crippen LogP contribution in [0.25, 0.3) is 0 Å². The molecule has 2 aromatic rings. The summed E-state index contributed by atoms with van der Waals surface area (Å²) in [5, 5.41) is 9.94. The number of sulfonamides is 1. The van der Waals surface area contributed by atoms with Gasteiger partial charge in [0.25, 0.3) is 20.1 Å². The molecule has 124 valence electrons. The first-order chi connectivity index (χ1) is 10.5. The zero-order valence-corrected chi connectivity index (χ0v) is 13.9. The zero-order valence-electron chi connectivity index (χ0n) is 12.3. The molecule has 2 aromatic carbocycles. The molecule has 23 heavy (non-hydrogen) atoms. The van der Waals surface area contributed by atoms with Crippen LogP contribution in [-0.2, 0) is 20.1 Å². The van der Waals surface area contributed by atoms with Crippen LogP contribution in [0, 0.1) is 13.8 Å². The van der Waals surface area contributed by atoms with E-state index in [0.29, 0.717) is 5.56 Å². The summed E-state index contributed by atoms with van der Waals surface area (Å²) >= 11 is 0. The van der Waals surface area contributed by atoms with E-state index in [1.165, 1.54) is 25.1 Å². The van der Waals surface area contributed by atoms with E-state index in [0.717, 1.165) is 11.6 Å². The molecule has 0 amide bonds. The van der Waals surface area contributed by atoms with Gasteiger partial charge < -0.3 is 5.11 Å². The first kappa shape index (κ1) is 17.3. The lowest BCUT2D eigenvalue weighted by Gasteiger charge is -2.13. The van der Waals surface area contributed by atoms with Crippen molar-refractivity contribution in [3.8, 4) is 5.75 Å². The maximum atomic E-state index is 12.3. The maximum Gasteiger partial charge on any atom is 0.298 e. The van der Waals surface area contributed by atoms with Gasteiger partial charge in [0.15, 0.2) is 5.75 Å². The van der Waals surface area contributed by atoms with Gasteiger partial charge in [0.2, 0.25) is 0 Å². The van der Waals surface area contributed by atoms with E-state index in [-0.39, 0.29) is 10.6 Å². The Morgan fingerprint density at radius 2 is 1.48 bits per heavy atom. The summed E-state index contributed by atoms with van der Waals surface area (Å²) in [6.07, 6.45) is 0. The van der Waals surface area contributed by atoms with Crippen molar-refractivity contribution >= 4 is 25.8 Å². The minimum absolute atomic E-state index is 0.0441. The number of anilines is 1. The second-order valence-electron chi connectivity index (χ2n) is 5.05. The van der Waals surface area contributed by atoms with Crippen molar-refractivity contribution in [1.82, 2.24) is 0 Å². The van der Waals surface area contributed by atoms with Crippen LogP contribution in [0.4, 0.5) is 5.69 Å². The molecule has 0 aliphatic carbocycles. The fourth-order valence-electron chi connectivity index (χ4n) is 1.94. The molecular weight excluding hydrogens is 342 g/mol. The smallest absolute Gasteiger partial charge is 0.298 e. The molecule has 2 rings (SSSR count). The summed E-state index contributed by atoms with van der Waals surface area (Å²) in [6.45, 7) is 3.30. The molecule has 3 N–H and O–H groups in total. The normalized spacial score (nSPS) is 12.1. The summed E-state index contributed by atoms with van der Waals surface area (Å²) in [5.74, 6) is -0.867. The van der Waals surface area contributed by atoms with Crippen LogP contribution in [0.15, 0.2) is 46.2 Å². The summed E-state index contributed by atoms with van der Waals surface area (Å²) in [5.41, 5.74) is 0.881. The van der Waals surface area contributed by atoms with Crippen molar-refractivity contribution < 1.29 is 26.5 Å². The SMILES string of the molecule is Cc1ccc(S(=O)(=O)Nc2cc(C)cc(S(=O)(=O)O)c2O)cc1. The third-order valence-corrected chi connectivity index (χ3v) is 5.32. The highest BCUT2D eigenvalue weighted by molar-refractivity contribution is 7.92. The molecule has 9 heteroatoms. The Bertz CT molecular complexity index is 948. The fourth-order valence-corrected chi connectivity index (χ4v) is 3.69. The second kappa shape index (κ2) is 5.84. The summed E-state index contributed by atoms with van der Waals surface area (Å²) in [4.78, 5) is -0.809. The Hall–Kier alpha value is -2.10. The quantitative estimate of drug-likeness (QED) is 0.569. The van der Waals surface area contributed by atoms with E-state index in [4.69, 9.17) is 4.55 Å². The third-order valence-electron chi connectivity index (χ3n) is 3.07. The molecule has 0 aliphatic heterocycles. The van der Waals surface area contributed by atoms with E-state index < -0.39 is 30.8 Å². The zero-order chi connectivity index (χ0) is 17.4. The molecule has 0 unspecified atom stereocenters. The van der Waals surface area contributed by atoms with Gasteiger partial charge in [-0.15, -0.1) is 0 Å². The van der Waals surface area contributed by atoms with Gasteiger partial charge in [-0.05, 0) is 43.7 Å². The minimum Gasteiger partial charge on any atom is -0.504 e. The van der Waals surface area contributed by atoms with Gasteiger partial charge in [0.05, 0.1) is 10.6 Å². The molecule has 7 nitrogen and oxygen atoms in total. The van der Waals surface area contributed by atoms with Crippen LogP contribution in [0.5, 0.6) is 5.75 Å². The first-order valence-electron chi connectivity index (χ1n) is 6.41. The predicted molar refractivity (Wildman–Crippen MR) is 84.6 cm³/mol. The third kappa shape index (κ3) is 3.81. The average Bonchev–Trinajstić information content (AvgIpc) is 2.41. The number of phenols is 1. The van der Waals surface area contributed by atoms with Gasteiger partial charge in [-0.25, -0.2) is 8.42 Å². The molecule has 0 aliphatic rings. The highest BCUT2D eigenvalue weighted by Crippen LogP contribution is 2.34. The van der Waals surface area contributed by atoms with E-state index in [9.17, 15) is 21.9 Å². The highest BCUT2D eigenvalue weighted by Gasteiger charge is 2.22. The number of benzene rings is 2. The van der Waals surface area contributed by atoms with Crippen LogP contribution in [0.3, 0.4) is 0 Å². The minimum atomic E-state index is -4.69. The Morgan fingerprint density at radius 3 is 2.00 bits per heavy atom. The molecule has 0 spiro atoms. The molecular formula is C14H15NO6S2. The van der Waals surface area contributed by atoms with Crippen molar-refractivity contribution in [2.24, 2.45) is 0 Å². The molecule has 0 radical (unpaired) electrons. The number of hydrogen-bond acceptors (Lipinski definition) is 5. The van der Waals surface area contributed by atoms with Gasteiger partial charge >= 0.3 is 0 Å². The fraction of sp³-hybridized carbons (Fsp3) is 0.143. The van der Waals surface area contributed by atoms with Crippen LogP contribution < -0.4 is 4.72 Å². The van der Waals surface area contributed by atoms with E-state index in [2.05, 4.69) is 4.72 Å². The van der Waals surface area contributed by atoms with Gasteiger partial charge in [-0.2, -0.15) is 8.42 Å². The van der Waals surface area contributed by atoms with Crippen molar-refractivity contribution in [3.05, 3.63) is 47.5 Å². The van der Waals surface area contributed by atoms with E-state index in [1.54, 1.807) is 19.1 Å². The van der Waals surface area contributed by atoms with Crippen LogP contribution in [0.2, 0.25) is 0 Å². The number of aryl methyl sites for hydroxylation is 2. The van der Waals surface area contributed by atoms with E-state index in [1.807, 2.05) is 0 Å². The molecule has 0 atom stereocenters. The summed E-state index contributed by atoms with van der Waals surface area (Å²) in [6, 6.07) is 8.27. The molecule has 0 aromatic heterocycles. The number of phenolic OH excluding ortho intramolecular Hbond substituents is 1. The standard InChI is InChI=1S/C14H15NO6S2/c1-9-3-5-11(6-4-9)22(17,18)15-12-7-10(2)8-13(14(12)16)23(19,20)21/h3-8,15-16H,1-2H3,(H,19,20,21). The lowest BCUT2D eigenvalue weighted by molar-refractivity contribution is 0.445. The Kier molecular flexibility index (Phi) is 4.38. The van der Waals surface area contributed by atoms with Crippen LogP contribution in [-0.4, -0.2) is 26.5 Å². The lowest BCUT2D eigenvalue weighted by atomic mass is 10.2. The Labute approximate surface area is 134 Å². The van der Waals surface area contributed by atoms with Gasteiger partial charge in [0, 0.05) is 0 Å². The number of hydrogen-bond donors (Lipinski definition) is 3. The van der Waals surface area contributed by atoms with Gasteiger partial charge in [-0.3, -0.25) is 9.27 Å². The molecule has 0 bridgehead atoms. The van der Waals surface area contributed by atoms with Gasteiger partial charge in [-0.1, -0.05) is 17.7 Å². The Morgan fingerprint density at radius 1 is 0.913 bits per heavy atom. The van der Waals surface area contributed by atoms with Crippen molar-refractivity contribution in [3.63, 3.8) is 0 Å². The maximum absolute atomic E-state index is 12.3. The van der Waals surface area contributed by atoms with Gasteiger partial charge in [0.1, 0.15) is 4.90 Å². The van der Waals surface area contributed by atoms with Crippen LogP contribution >= 0.6 is 0 Å². The molecule has 0 saturated heterocycles. The first-order valence-corrected chi connectivity index (χ1v) is 9.33. The average molecular weight is 357 g/mol. The largest absolute Gasteiger partial charge is 0.504 e. The predicted octanol–water partition coefficient (Wildman–Crippen LogP) is 2.06.